The van der Waals surface area contributed by atoms with Crippen LogP contribution in [0.1, 0.15) is 37.2 Å². The van der Waals surface area contributed by atoms with Gasteiger partial charge in [-0.25, -0.2) is 13.6 Å². The molecule has 1 aliphatic rings. The van der Waals surface area contributed by atoms with E-state index in [2.05, 4.69) is 5.10 Å². The first-order valence-electron chi connectivity index (χ1n) is 9.10. The van der Waals surface area contributed by atoms with Crippen molar-refractivity contribution in [1.29, 1.82) is 0 Å². The molecule has 2 aromatic heterocycles. The number of halogens is 2. The molecule has 0 fully saturated rings. The molecule has 29 heavy (non-hydrogen) atoms. The van der Waals surface area contributed by atoms with E-state index in [9.17, 15) is 23.5 Å². The van der Waals surface area contributed by atoms with Gasteiger partial charge < -0.3 is 9.67 Å². The molecular formula is C21H19F2N3O3. The lowest BCUT2D eigenvalue weighted by molar-refractivity contribution is 0.0693. The van der Waals surface area contributed by atoms with Gasteiger partial charge in [-0.1, -0.05) is 26.8 Å². The second kappa shape index (κ2) is 6.37. The van der Waals surface area contributed by atoms with E-state index in [4.69, 9.17) is 0 Å². The van der Waals surface area contributed by atoms with E-state index in [1.54, 1.807) is 15.3 Å². The van der Waals surface area contributed by atoms with Crippen molar-refractivity contribution < 1.29 is 18.7 Å². The monoisotopic (exact) mass is 399 g/mol. The Hall–Kier alpha value is -3.29. The second-order valence-corrected chi connectivity index (χ2v) is 8.23. The van der Waals surface area contributed by atoms with Crippen LogP contribution in [-0.4, -0.2) is 25.4 Å². The number of hydrogen-bond acceptors (Lipinski definition) is 3. The number of benzene rings is 1. The highest BCUT2D eigenvalue weighted by atomic mass is 19.2. The van der Waals surface area contributed by atoms with E-state index in [-0.39, 0.29) is 28.3 Å². The Morgan fingerprint density at radius 1 is 1.21 bits per heavy atom. The highest BCUT2D eigenvalue weighted by molar-refractivity contribution is 5.87. The molecule has 0 amide bonds. The first kappa shape index (κ1) is 19.0. The van der Waals surface area contributed by atoms with E-state index in [1.165, 1.54) is 24.4 Å². The van der Waals surface area contributed by atoms with Crippen LogP contribution in [0.25, 0.3) is 22.6 Å². The first-order chi connectivity index (χ1) is 13.6. The minimum absolute atomic E-state index is 0.0234. The van der Waals surface area contributed by atoms with Crippen molar-refractivity contribution in [3.8, 4) is 22.6 Å². The first-order valence-corrected chi connectivity index (χ1v) is 9.10. The van der Waals surface area contributed by atoms with Crippen LogP contribution in [0.5, 0.6) is 0 Å². The highest BCUT2D eigenvalue weighted by Gasteiger charge is 2.34. The van der Waals surface area contributed by atoms with E-state index >= 15 is 0 Å². The number of carboxylic acid groups (broad SMARTS) is 1. The minimum Gasteiger partial charge on any atom is -0.477 e. The Bertz CT molecular complexity index is 1200. The van der Waals surface area contributed by atoms with Gasteiger partial charge >= 0.3 is 5.97 Å². The Kier molecular flexibility index (Phi) is 4.18. The number of rotatable bonds is 2. The molecule has 3 aromatic rings. The number of fused-ring (bicyclic) bond motifs is 3. The average Bonchev–Trinajstić information content (AvgIpc) is 3.06. The molecule has 1 aliphatic heterocycles. The molecule has 0 radical (unpaired) electrons. The van der Waals surface area contributed by atoms with Crippen molar-refractivity contribution in [2.45, 2.75) is 33.4 Å². The van der Waals surface area contributed by atoms with Crippen LogP contribution >= 0.6 is 0 Å². The molecule has 1 aromatic carbocycles. The lowest BCUT2D eigenvalue weighted by Gasteiger charge is -2.38. The van der Waals surface area contributed by atoms with E-state index in [0.29, 0.717) is 17.9 Å². The van der Waals surface area contributed by atoms with Crippen LogP contribution in [0.3, 0.4) is 0 Å². The number of aromatic carboxylic acids is 1. The van der Waals surface area contributed by atoms with Gasteiger partial charge in [0, 0.05) is 17.8 Å². The van der Waals surface area contributed by atoms with Crippen molar-refractivity contribution >= 4 is 5.97 Å². The van der Waals surface area contributed by atoms with Crippen molar-refractivity contribution in [2.24, 2.45) is 5.41 Å². The summed E-state index contributed by atoms with van der Waals surface area (Å²) in [6.07, 6.45) is 1.36. The summed E-state index contributed by atoms with van der Waals surface area (Å²) in [6, 6.07) is 6.53. The summed E-state index contributed by atoms with van der Waals surface area (Å²) >= 11 is 0. The van der Waals surface area contributed by atoms with Gasteiger partial charge in [0.1, 0.15) is 5.56 Å². The molecule has 0 saturated carbocycles. The van der Waals surface area contributed by atoms with E-state index in [0.717, 1.165) is 6.07 Å². The lowest BCUT2D eigenvalue weighted by Crippen LogP contribution is -2.35. The third kappa shape index (κ3) is 3.04. The van der Waals surface area contributed by atoms with Crippen LogP contribution in [0.15, 0.2) is 41.3 Å². The van der Waals surface area contributed by atoms with Crippen LogP contribution in [0.2, 0.25) is 0 Å². The molecular weight excluding hydrogens is 380 g/mol. The molecule has 0 saturated heterocycles. The van der Waals surface area contributed by atoms with Gasteiger partial charge in [-0.05, 0) is 23.6 Å². The molecule has 0 bridgehead atoms. The fourth-order valence-corrected chi connectivity index (χ4v) is 3.71. The van der Waals surface area contributed by atoms with Crippen LogP contribution in [-0.2, 0) is 6.54 Å². The summed E-state index contributed by atoms with van der Waals surface area (Å²) in [5, 5.41) is 13.8. The molecule has 0 unspecified atom stereocenters. The van der Waals surface area contributed by atoms with Crippen LogP contribution in [0.4, 0.5) is 8.78 Å². The van der Waals surface area contributed by atoms with Crippen LogP contribution in [0, 0.1) is 17.0 Å². The Morgan fingerprint density at radius 2 is 1.93 bits per heavy atom. The van der Waals surface area contributed by atoms with Gasteiger partial charge in [-0.3, -0.25) is 9.48 Å². The zero-order valence-electron chi connectivity index (χ0n) is 16.1. The summed E-state index contributed by atoms with van der Waals surface area (Å²) in [4.78, 5) is 23.8. The second-order valence-electron chi connectivity index (χ2n) is 8.23. The summed E-state index contributed by atoms with van der Waals surface area (Å²) in [6.45, 7) is 6.40. The van der Waals surface area contributed by atoms with Gasteiger partial charge in [-0.2, -0.15) is 5.10 Å². The molecule has 3 heterocycles. The van der Waals surface area contributed by atoms with Gasteiger partial charge in [0.2, 0.25) is 0 Å². The van der Waals surface area contributed by atoms with Crippen molar-refractivity contribution in [3.63, 3.8) is 0 Å². The number of pyridine rings is 1. The molecule has 0 spiro atoms. The topological polar surface area (TPSA) is 77.1 Å². The molecule has 4 rings (SSSR count). The predicted octanol–water partition coefficient (Wildman–Crippen LogP) is 3.96. The normalized spacial score (nSPS) is 15.7. The fourth-order valence-electron chi connectivity index (χ4n) is 3.71. The Morgan fingerprint density at radius 3 is 2.59 bits per heavy atom. The zero-order chi connectivity index (χ0) is 21.1. The number of aromatic nitrogens is 3. The highest BCUT2D eigenvalue weighted by Crippen LogP contribution is 2.40. The summed E-state index contributed by atoms with van der Waals surface area (Å²) in [5.74, 6) is -3.25. The zero-order valence-corrected chi connectivity index (χ0v) is 16.1. The molecule has 1 atom stereocenters. The number of carbonyl (C=O) groups is 1. The molecule has 8 heteroatoms. The number of nitrogens with zero attached hydrogens (tertiary/aromatic N) is 3. The van der Waals surface area contributed by atoms with Gasteiger partial charge in [0.15, 0.2) is 17.1 Å². The van der Waals surface area contributed by atoms with Crippen molar-refractivity contribution in [1.82, 2.24) is 14.3 Å². The fraction of sp³-hybridized carbons (Fsp3) is 0.286. The van der Waals surface area contributed by atoms with Crippen molar-refractivity contribution in [2.75, 3.05) is 0 Å². The third-order valence-corrected chi connectivity index (χ3v) is 5.26. The van der Waals surface area contributed by atoms with Gasteiger partial charge in [0.05, 0.1) is 29.7 Å². The quantitative estimate of drug-likeness (QED) is 0.708. The average molecular weight is 399 g/mol. The van der Waals surface area contributed by atoms with Crippen molar-refractivity contribution in [3.05, 3.63) is 63.9 Å². The molecule has 150 valence electrons. The molecule has 6 nitrogen and oxygen atoms in total. The molecule has 0 aliphatic carbocycles. The molecule has 1 N–H and O–H groups in total. The van der Waals surface area contributed by atoms with Gasteiger partial charge in [0.25, 0.3) is 0 Å². The maximum atomic E-state index is 14.3. The minimum atomic E-state index is -1.29. The summed E-state index contributed by atoms with van der Waals surface area (Å²) < 4.78 is 31.4. The van der Waals surface area contributed by atoms with E-state index in [1.807, 2.05) is 20.8 Å². The van der Waals surface area contributed by atoms with E-state index < -0.39 is 23.0 Å². The standard InChI is InChI=1S/C21H19F2N3O3/c1-21(2,3)18-10-26-16(15-8-17(27)12(20(28)29)9-25(15)18)7-14(24-26)11-5-4-6-13(22)19(11)23/h4-9,18H,10H2,1-3H3,(H,28,29)/t18-/m0/s1. The maximum absolute atomic E-state index is 14.3. The SMILES string of the molecule is CC(C)(C)[C@@H]1Cn2nc(-c3cccc(F)c3F)cc2-c2cc(=O)c(C(=O)O)cn21. The lowest BCUT2D eigenvalue weighted by atomic mass is 9.85. The van der Waals surface area contributed by atoms with Gasteiger partial charge in [-0.15, -0.1) is 0 Å². The Balaban J connectivity index is 1.96. The number of hydrogen-bond donors (Lipinski definition) is 1. The van der Waals surface area contributed by atoms with Crippen LogP contribution < -0.4 is 5.43 Å². The smallest absolute Gasteiger partial charge is 0.341 e. The third-order valence-electron chi connectivity index (χ3n) is 5.26. The predicted molar refractivity (Wildman–Crippen MR) is 103 cm³/mol. The largest absolute Gasteiger partial charge is 0.477 e. The Labute approximate surface area is 165 Å². The number of carboxylic acids is 1. The summed E-state index contributed by atoms with van der Waals surface area (Å²) in [7, 11) is 0. The maximum Gasteiger partial charge on any atom is 0.341 e. The summed E-state index contributed by atoms with van der Waals surface area (Å²) in [5.41, 5.74) is 0.0769.